The molecule has 0 saturated carbocycles. The summed E-state index contributed by atoms with van der Waals surface area (Å²) in [6.07, 6.45) is 2.07. The summed E-state index contributed by atoms with van der Waals surface area (Å²) in [6.45, 7) is 1.93. The van der Waals surface area contributed by atoms with Gasteiger partial charge in [-0.05, 0) is 31.9 Å². The number of carbonyl (C=O) groups is 1. The maximum Gasteiger partial charge on any atom is 0.164 e. The van der Waals surface area contributed by atoms with Gasteiger partial charge in [0.1, 0.15) is 0 Å². The highest BCUT2D eigenvalue weighted by Crippen LogP contribution is 2.26. The molecule has 0 aliphatic carbocycles. The van der Waals surface area contributed by atoms with E-state index in [0.717, 1.165) is 12.8 Å². The first-order valence-electron chi connectivity index (χ1n) is 5.25. The second-order valence-corrected chi connectivity index (χ2v) is 4.68. The molecule has 88 valence electrons. The van der Waals surface area contributed by atoms with Gasteiger partial charge in [-0.25, -0.2) is 0 Å². The molecule has 0 saturated heterocycles. The Morgan fingerprint density at radius 1 is 1.44 bits per heavy atom. The standard InChI is InChI=1S/C12H15Cl2NO/c1-8(15)4-2-7-11(16)9-5-3-6-10(13)12(9)14/h3,5-6,8H,2,4,7,15H2,1H3. The summed E-state index contributed by atoms with van der Waals surface area (Å²) in [5, 5.41) is 0.759. The van der Waals surface area contributed by atoms with Crippen LogP contribution in [0.2, 0.25) is 10.0 Å². The van der Waals surface area contributed by atoms with Crippen LogP contribution in [-0.4, -0.2) is 11.8 Å². The number of nitrogens with two attached hydrogens (primary N) is 1. The van der Waals surface area contributed by atoms with Crippen molar-refractivity contribution in [2.24, 2.45) is 5.73 Å². The fourth-order valence-electron chi connectivity index (χ4n) is 1.44. The molecule has 1 atom stereocenters. The number of ketones is 1. The lowest BCUT2D eigenvalue weighted by Gasteiger charge is -2.06. The Balaban J connectivity index is 2.63. The lowest BCUT2D eigenvalue weighted by atomic mass is 10.0. The first-order chi connectivity index (χ1) is 7.52. The zero-order chi connectivity index (χ0) is 12.1. The van der Waals surface area contributed by atoms with Gasteiger partial charge in [0.05, 0.1) is 10.0 Å². The molecule has 0 aliphatic rings. The number of hydrogen-bond donors (Lipinski definition) is 1. The van der Waals surface area contributed by atoms with Gasteiger partial charge in [0.25, 0.3) is 0 Å². The Bertz CT molecular complexity index is 377. The first-order valence-corrected chi connectivity index (χ1v) is 6.00. The van der Waals surface area contributed by atoms with E-state index in [1.165, 1.54) is 0 Å². The van der Waals surface area contributed by atoms with Crippen LogP contribution < -0.4 is 5.73 Å². The number of benzene rings is 1. The minimum absolute atomic E-state index is 0.0214. The van der Waals surface area contributed by atoms with Gasteiger partial charge in [-0.15, -0.1) is 0 Å². The van der Waals surface area contributed by atoms with Crippen molar-refractivity contribution in [1.82, 2.24) is 0 Å². The molecule has 0 radical (unpaired) electrons. The summed E-state index contributed by atoms with van der Waals surface area (Å²) in [4.78, 5) is 11.8. The van der Waals surface area contributed by atoms with Gasteiger partial charge in [0.2, 0.25) is 0 Å². The van der Waals surface area contributed by atoms with Crippen molar-refractivity contribution in [3.8, 4) is 0 Å². The van der Waals surface area contributed by atoms with Gasteiger partial charge in [0.15, 0.2) is 5.78 Å². The van der Waals surface area contributed by atoms with Gasteiger partial charge < -0.3 is 5.73 Å². The van der Waals surface area contributed by atoms with Crippen LogP contribution in [-0.2, 0) is 0 Å². The van der Waals surface area contributed by atoms with Crippen LogP contribution in [0.3, 0.4) is 0 Å². The molecule has 2 N–H and O–H groups in total. The molecule has 0 amide bonds. The molecule has 0 spiro atoms. The van der Waals surface area contributed by atoms with Crippen molar-refractivity contribution in [1.29, 1.82) is 0 Å². The average molecular weight is 260 g/mol. The van der Waals surface area contributed by atoms with Gasteiger partial charge >= 0.3 is 0 Å². The second-order valence-electron chi connectivity index (χ2n) is 3.89. The van der Waals surface area contributed by atoms with E-state index in [2.05, 4.69) is 0 Å². The molecule has 1 unspecified atom stereocenters. The van der Waals surface area contributed by atoms with E-state index in [9.17, 15) is 4.79 Å². The molecule has 0 bridgehead atoms. The highest BCUT2D eigenvalue weighted by atomic mass is 35.5. The Labute approximate surface area is 106 Å². The van der Waals surface area contributed by atoms with E-state index in [0.29, 0.717) is 22.0 Å². The Hall–Kier alpha value is -0.570. The van der Waals surface area contributed by atoms with Crippen LogP contribution in [0, 0.1) is 0 Å². The van der Waals surface area contributed by atoms with Gasteiger partial charge in [-0.1, -0.05) is 29.3 Å². The number of rotatable bonds is 5. The topological polar surface area (TPSA) is 43.1 Å². The highest BCUT2D eigenvalue weighted by Gasteiger charge is 2.12. The average Bonchev–Trinajstić information content (AvgIpc) is 2.21. The van der Waals surface area contributed by atoms with Crippen molar-refractivity contribution >= 4 is 29.0 Å². The molecule has 1 aromatic rings. The largest absolute Gasteiger partial charge is 0.328 e. The van der Waals surface area contributed by atoms with Gasteiger partial charge in [0, 0.05) is 18.0 Å². The zero-order valence-corrected chi connectivity index (χ0v) is 10.7. The molecular formula is C12H15Cl2NO. The number of halogens is 2. The summed E-state index contributed by atoms with van der Waals surface area (Å²) in [6, 6.07) is 5.22. The molecule has 4 heteroatoms. The lowest BCUT2D eigenvalue weighted by molar-refractivity contribution is 0.0979. The van der Waals surface area contributed by atoms with E-state index in [4.69, 9.17) is 28.9 Å². The third kappa shape index (κ3) is 3.78. The van der Waals surface area contributed by atoms with Crippen LogP contribution in [0.5, 0.6) is 0 Å². The maximum atomic E-state index is 11.8. The number of carbonyl (C=O) groups excluding carboxylic acids is 1. The molecule has 1 rings (SSSR count). The maximum absolute atomic E-state index is 11.8. The smallest absolute Gasteiger partial charge is 0.164 e. The predicted molar refractivity (Wildman–Crippen MR) is 68.3 cm³/mol. The quantitative estimate of drug-likeness (QED) is 0.820. The van der Waals surface area contributed by atoms with Crippen LogP contribution in [0.15, 0.2) is 18.2 Å². The lowest BCUT2D eigenvalue weighted by Crippen LogP contribution is -2.14. The van der Waals surface area contributed by atoms with Crippen LogP contribution >= 0.6 is 23.2 Å². The Morgan fingerprint density at radius 2 is 2.12 bits per heavy atom. The predicted octanol–water partition coefficient (Wildman–Crippen LogP) is 3.69. The second kappa shape index (κ2) is 6.24. The molecule has 0 heterocycles. The monoisotopic (exact) mass is 259 g/mol. The van der Waals surface area contributed by atoms with Crippen LogP contribution in [0.25, 0.3) is 0 Å². The minimum Gasteiger partial charge on any atom is -0.328 e. The summed E-state index contributed by atoms with van der Waals surface area (Å²) >= 11 is 11.8. The van der Waals surface area contributed by atoms with Crippen molar-refractivity contribution in [2.45, 2.75) is 32.2 Å². The van der Waals surface area contributed by atoms with Crippen LogP contribution in [0.1, 0.15) is 36.5 Å². The molecular weight excluding hydrogens is 245 g/mol. The molecule has 1 aromatic carbocycles. The van der Waals surface area contributed by atoms with E-state index < -0.39 is 0 Å². The number of hydrogen-bond acceptors (Lipinski definition) is 2. The molecule has 2 nitrogen and oxygen atoms in total. The van der Waals surface area contributed by atoms with E-state index in [-0.39, 0.29) is 11.8 Å². The van der Waals surface area contributed by atoms with Crippen LogP contribution in [0.4, 0.5) is 0 Å². The van der Waals surface area contributed by atoms with Crippen molar-refractivity contribution in [3.63, 3.8) is 0 Å². The van der Waals surface area contributed by atoms with Gasteiger partial charge in [-0.2, -0.15) is 0 Å². The SMILES string of the molecule is CC(N)CCCC(=O)c1cccc(Cl)c1Cl. The fraction of sp³-hybridized carbons (Fsp3) is 0.417. The molecule has 16 heavy (non-hydrogen) atoms. The van der Waals surface area contributed by atoms with Crippen molar-refractivity contribution in [3.05, 3.63) is 33.8 Å². The van der Waals surface area contributed by atoms with Crippen molar-refractivity contribution in [2.75, 3.05) is 0 Å². The third-order valence-electron chi connectivity index (χ3n) is 2.32. The first kappa shape index (κ1) is 13.5. The van der Waals surface area contributed by atoms with E-state index in [1.54, 1.807) is 18.2 Å². The molecule has 0 aromatic heterocycles. The molecule has 0 aliphatic heterocycles. The van der Waals surface area contributed by atoms with Crippen molar-refractivity contribution < 1.29 is 4.79 Å². The van der Waals surface area contributed by atoms with E-state index in [1.807, 2.05) is 6.92 Å². The Kier molecular flexibility index (Phi) is 5.26. The zero-order valence-electron chi connectivity index (χ0n) is 9.17. The highest BCUT2D eigenvalue weighted by molar-refractivity contribution is 6.43. The summed E-state index contributed by atoms with van der Waals surface area (Å²) in [5.41, 5.74) is 6.11. The summed E-state index contributed by atoms with van der Waals surface area (Å²) < 4.78 is 0. The van der Waals surface area contributed by atoms with Gasteiger partial charge in [-0.3, -0.25) is 4.79 Å². The normalized spacial score (nSPS) is 12.5. The van der Waals surface area contributed by atoms with E-state index >= 15 is 0 Å². The minimum atomic E-state index is 0.0214. The summed E-state index contributed by atoms with van der Waals surface area (Å²) in [7, 11) is 0. The molecule has 0 fully saturated rings. The number of Topliss-reactive ketones (excluding diaryl/α,β-unsaturated/α-hetero) is 1. The summed E-state index contributed by atoms with van der Waals surface area (Å²) in [5.74, 6) is 0.0214. The third-order valence-corrected chi connectivity index (χ3v) is 3.13. The Morgan fingerprint density at radius 3 is 2.75 bits per heavy atom. The fourth-order valence-corrected chi connectivity index (χ4v) is 1.84.